The lowest BCUT2D eigenvalue weighted by atomic mass is 10.1. The van der Waals surface area contributed by atoms with Crippen molar-refractivity contribution in [3.05, 3.63) is 58.5 Å². The minimum atomic E-state index is -0.689. The van der Waals surface area contributed by atoms with Crippen LogP contribution in [-0.4, -0.2) is 29.2 Å². The molecule has 144 valence electrons. The molecule has 5 nitrogen and oxygen atoms in total. The molecular weight excluding hydrogens is 378 g/mol. The van der Waals surface area contributed by atoms with Gasteiger partial charge in [0.25, 0.3) is 0 Å². The van der Waals surface area contributed by atoms with E-state index in [2.05, 4.69) is 5.16 Å². The second kappa shape index (κ2) is 8.08. The number of carbonyl (C=O) groups is 1. The van der Waals surface area contributed by atoms with Crippen molar-refractivity contribution < 1.29 is 22.8 Å². The van der Waals surface area contributed by atoms with Gasteiger partial charge >= 0.3 is 0 Å². The standard InChI is InChI=1S/C19H19ClF2N2O3/c1-11(2)19(25)24(9-12-3-4-13(21)7-15(12)22)10-14-8-16(23-27-14)17-5-6-18(20)26-17/h3-7,11,14H,8-10H2,1-2H3. The fourth-order valence-corrected chi connectivity index (χ4v) is 2.99. The zero-order valence-corrected chi connectivity index (χ0v) is 15.7. The van der Waals surface area contributed by atoms with Crippen LogP contribution in [0, 0.1) is 17.6 Å². The van der Waals surface area contributed by atoms with E-state index in [9.17, 15) is 13.6 Å². The van der Waals surface area contributed by atoms with Gasteiger partial charge in [0, 0.05) is 30.5 Å². The SMILES string of the molecule is CC(C)C(=O)N(Cc1ccc(F)cc1F)CC1CC(c2ccc(Cl)o2)=NO1. The topological polar surface area (TPSA) is 55.0 Å². The first kappa shape index (κ1) is 19.4. The monoisotopic (exact) mass is 396 g/mol. The highest BCUT2D eigenvalue weighted by atomic mass is 35.5. The molecule has 0 fully saturated rings. The molecule has 1 unspecified atom stereocenters. The molecule has 1 aromatic heterocycles. The van der Waals surface area contributed by atoms with Gasteiger partial charge in [0.2, 0.25) is 5.91 Å². The van der Waals surface area contributed by atoms with Gasteiger partial charge in [-0.15, -0.1) is 0 Å². The highest BCUT2D eigenvalue weighted by Gasteiger charge is 2.29. The number of halogens is 3. The fourth-order valence-electron chi connectivity index (χ4n) is 2.84. The Labute approximate surface area is 160 Å². The summed E-state index contributed by atoms with van der Waals surface area (Å²) in [4.78, 5) is 19.5. The molecule has 3 rings (SSSR count). The Morgan fingerprint density at radius 2 is 2.11 bits per heavy atom. The average Bonchev–Trinajstić information content (AvgIpc) is 3.24. The zero-order chi connectivity index (χ0) is 19.6. The molecule has 0 saturated carbocycles. The van der Waals surface area contributed by atoms with E-state index in [-0.39, 0.29) is 35.7 Å². The van der Waals surface area contributed by atoms with Crippen LogP contribution in [0.15, 0.2) is 39.9 Å². The Kier molecular flexibility index (Phi) is 5.79. The highest BCUT2D eigenvalue weighted by Crippen LogP contribution is 2.23. The van der Waals surface area contributed by atoms with Crippen molar-refractivity contribution in [1.29, 1.82) is 0 Å². The zero-order valence-electron chi connectivity index (χ0n) is 14.9. The third-order valence-electron chi connectivity index (χ3n) is 4.20. The summed E-state index contributed by atoms with van der Waals surface area (Å²) in [6, 6.07) is 6.62. The van der Waals surface area contributed by atoms with E-state index in [1.165, 1.54) is 17.0 Å². The van der Waals surface area contributed by atoms with Crippen molar-refractivity contribution >= 4 is 23.2 Å². The molecule has 0 bridgehead atoms. The molecule has 1 amide bonds. The highest BCUT2D eigenvalue weighted by molar-refractivity contribution is 6.29. The Bertz CT molecular complexity index is 866. The molecule has 2 heterocycles. The number of oxime groups is 1. The summed E-state index contributed by atoms with van der Waals surface area (Å²) in [6.45, 7) is 3.76. The van der Waals surface area contributed by atoms with E-state index in [1.807, 2.05) is 0 Å². The molecule has 27 heavy (non-hydrogen) atoms. The number of rotatable bonds is 6. The second-order valence-electron chi connectivity index (χ2n) is 6.68. The lowest BCUT2D eigenvalue weighted by molar-refractivity contribution is -0.137. The second-order valence-corrected chi connectivity index (χ2v) is 7.05. The number of carbonyl (C=O) groups excluding carboxylic acids is 1. The van der Waals surface area contributed by atoms with E-state index in [1.54, 1.807) is 26.0 Å². The maximum absolute atomic E-state index is 14.0. The van der Waals surface area contributed by atoms with Crippen molar-refractivity contribution in [2.75, 3.05) is 6.54 Å². The van der Waals surface area contributed by atoms with Crippen LogP contribution in [0.25, 0.3) is 0 Å². The summed E-state index contributed by atoms with van der Waals surface area (Å²) in [5, 5.41) is 4.25. The van der Waals surface area contributed by atoms with E-state index >= 15 is 0 Å². The first-order valence-electron chi connectivity index (χ1n) is 8.54. The molecule has 0 aliphatic carbocycles. The number of amides is 1. The summed E-state index contributed by atoms with van der Waals surface area (Å²) in [6.07, 6.45) is 0.0348. The maximum atomic E-state index is 14.0. The predicted molar refractivity (Wildman–Crippen MR) is 96.4 cm³/mol. The smallest absolute Gasteiger partial charge is 0.225 e. The summed E-state index contributed by atoms with van der Waals surface area (Å²) in [7, 11) is 0. The summed E-state index contributed by atoms with van der Waals surface area (Å²) < 4.78 is 32.5. The van der Waals surface area contributed by atoms with Crippen LogP contribution in [0.3, 0.4) is 0 Å². The van der Waals surface area contributed by atoms with Crippen LogP contribution in [0.5, 0.6) is 0 Å². The van der Waals surface area contributed by atoms with Gasteiger partial charge in [-0.25, -0.2) is 8.78 Å². The lowest BCUT2D eigenvalue weighted by Gasteiger charge is -2.26. The summed E-state index contributed by atoms with van der Waals surface area (Å²) in [5.41, 5.74) is 0.833. The minimum Gasteiger partial charge on any atom is -0.443 e. The van der Waals surface area contributed by atoms with Gasteiger partial charge < -0.3 is 14.2 Å². The summed E-state index contributed by atoms with van der Waals surface area (Å²) >= 11 is 5.77. The van der Waals surface area contributed by atoms with Gasteiger partial charge in [-0.3, -0.25) is 4.79 Å². The van der Waals surface area contributed by atoms with Gasteiger partial charge in [-0.1, -0.05) is 25.1 Å². The number of furan rings is 1. The van der Waals surface area contributed by atoms with Gasteiger partial charge in [0.1, 0.15) is 17.3 Å². The normalized spacial score (nSPS) is 16.4. The molecule has 0 radical (unpaired) electrons. The minimum absolute atomic E-state index is 0.0188. The average molecular weight is 397 g/mol. The molecule has 1 aromatic carbocycles. The van der Waals surface area contributed by atoms with E-state index < -0.39 is 17.7 Å². The largest absolute Gasteiger partial charge is 0.443 e. The Morgan fingerprint density at radius 1 is 1.33 bits per heavy atom. The van der Waals surface area contributed by atoms with Crippen LogP contribution in [0.2, 0.25) is 5.22 Å². The van der Waals surface area contributed by atoms with Crippen LogP contribution >= 0.6 is 11.6 Å². The van der Waals surface area contributed by atoms with Gasteiger partial charge in [-0.2, -0.15) is 0 Å². The number of hydrogen-bond donors (Lipinski definition) is 0. The number of nitrogens with zero attached hydrogens (tertiary/aromatic N) is 2. The number of hydrogen-bond acceptors (Lipinski definition) is 4. The van der Waals surface area contributed by atoms with Crippen molar-refractivity contribution in [2.24, 2.45) is 11.1 Å². The van der Waals surface area contributed by atoms with Crippen molar-refractivity contribution in [2.45, 2.75) is 32.9 Å². The molecule has 2 aromatic rings. The molecule has 1 aliphatic heterocycles. The summed E-state index contributed by atoms with van der Waals surface area (Å²) in [5.74, 6) is -1.27. The third kappa shape index (κ3) is 4.66. The lowest BCUT2D eigenvalue weighted by Crippen LogP contribution is -2.39. The molecule has 8 heteroatoms. The molecule has 0 N–H and O–H groups in total. The van der Waals surface area contributed by atoms with E-state index in [0.717, 1.165) is 6.07 Å². The van der Waals surface area contributed by atoms with Crippen molar-refractivity contribution in [3.8, 4) is 0 Å². The van der Waals surface area contributed by atoms with Gasteiger partial charge in [0.05, 0.1) is 6.54 Å². The fraction of sp³-hybridized carbons (Fsp3) is 0.368. The van der Waals surface area contributed by atoms with Gasteiger partial charge in [0.15, 0.2) is 17.1 Å². The third-order valence-corrected chi connectivity index (χ3v) is 4.40. The number of benzene rings is 1. The quantitative estimate of drug-likeness (QED) is 0.727. The van der Waals surface area contributed by atoms with Crippen LogP contribution in [-0.2, 0) is 16.2 Å². The molecule has 1 atom stereocenters. The van der Waals surface area contributed by atoms with Crippen molar-refractivity contribution in [1.82, 2.24) is 4.90 Å². The predicted octanol–water partition coefficient (Wildman–Crippen LogP) is 4.39. The molecule has 0 saturated heterocycles. The Hall–Kier alpha value is -2.41. The Morgan fingerprint density at radius 3 is 2.74 bits per heavy atom. The molecule has 1 aliphatic rings. The van der Waals surface area contributed by atoms with Crippen LogP contribution < -0.4 is 0 Å². The van der Waals surface area contributed by atoms with E-state index in [4.69, 9.17) is 20.9 Å². The Balaban J connectivity index is 1.70. The molecule has 0 spiro atoms. The van der Waals surface area contributed by atoms with E-state index in [0.29, 0.717) is 17.9 Å². The first-order chi connectivity index (χ1) is 12.8. The first-order valence-corrected chi connectivity index (χ1v) is 8.92. The molecular formula is C19H19ClF2N2O3. The van der Waals surface area contributed by atoms with Gasteiger partial charge in [-0.05, 0) is 29.8 Å². The van der Waals surface area contributed by atoms with Crippen LogP contribution in [0.4, 0.5) is 8.78 Å². The maximum Gasteiger partial charge on any atom is 0.225 e. The van der Waals surface area contributed by atoms with Crippen molar-refractivity contribution in [3.63, 3.8) is 0 Å². The van der Waals surface area contributed by atoms with Crippen LogP contribution in [0.1, 0.15) is 31.6 Å².